The zero-order chi connectivity index (χ0) is 19.0. The van der Waals surface area contributed by atoms with Gasteiger partial charge in [-0.05, 0) is 50.3 Å². The second-order valence-corrected chi connectivity index (χ2v) is 7.18. The molecule has 1 atom stereocenters. The van der Waals surface area contributed by atoms with Crippen molar-refractivity contribution >= 4 is 16.8 Å². The Morgan fingerprint density at radius 1 is 1.30 bits per heavy atom. The minimum atomic E-state index is -0.109. The van der Waals surface area contributed by atoms with Gasteiger partial charge in [0.2, 0.25) is 5.91 Å². The first-order valence-corrected chi connectivity index (χ1v) is 9.31. The van der Waals surface area contributed by atoms with Gasteiger partial charge in [0.15, 0.2) is 5.82 Å². The number of aromatic nitrogens is 3. The summed E-state index contributed by atoms with van der Waals surface area (Å²) in [6.07, 6.45) is 2.10. The number of aryl methyl sites for hydroxylation is 3. The standard InChI is InChI=1S/C20H24N4O3/c1-11-6-7-12(2)19-18(11)14(13(3)22-19)9-17(25)21-10-16-23-20(27-24-16)15-5-4-8-26-15/h6-7,15,22H,4-5,8-10H2,1-3H3,(H,21,25)/t15-/m0/s1. The molecule has 0 spiro atoms. The van der Waals surface area contributed by atoms with E-state index < -0.39 is 0 Å². The van der Waals surface area contributed by atoms with E-state index >= 15 is 0 Å². The van der Waals surface area contributed by atoms with Crippen LogP contribution >= 0.6 is 0 Å². The number of nitrogens with one attached hydrogen (secondary N) is 2. The predicted molar refractivity (Wildman–Crippen MR) is 100 cm³/mol. The molecule has 1 aliphatic rings. The average molecular weight is 368 g/mol. The van der Waals surface area contributed by atoms with E-state index in [0.29, 0.717) is 18.1 Å². The monoisotopic (exact) mass is 368 g/mol. The number of carbonyl (C=O) groups excluding carboxylic acids is 1. The van der Waals surface area contributed by atoms with Crippen LogP contribution in [0.4, 0.5) is 0 Å². The zero-order valence-corrected chi connectivity index (χ0v) is 15.9. The molecule has 4 rings (SSSR count). The lowest BCUT2D eigenvalue weighted by Gasteiger charge is -2.06. The zero-order valence-electron chi connectivity index (χ0n) is 15.9. The van der Waals surface area contributed by atoms with Gasteiger partial charge < -0.3 is 19.6 Å². The highest BCUT2D eigenvalue weighted by molar-refractivity contribution is 5.93. The van der Waals surface area contributed by atoms with Crippen molar-refractivity contribution in [2.75, 3.05) is 6.61 Å². The Bertz CT molecular complexity index is 983. The maximum Gasteiger partial charge on any atom is 0.255 e. The first kappa shape index (κ1) is 17.7. The Kier molecular flexibility index (Phi) is 4.70. The lowest BCUT2D eigenvalue weighted by atomic mass is 10.0. The smallest absolute Gasteiger partial charge is 0.255 e. The fourth-order valence-corrected chi connectivity index (χ4v) is 3.68. The maximum absolute atomic E-state index is 12.5. The molecule has 0 saturated carbocycles. The topological polar surface area (TPSA) is 93.0 Å². The van der Waals surface area contributed by atoms with Crippen molar-refractivity contribution in [3.8, 4) is 0 Å². The molecule has 142 valence electrons. The molecule has 1 aliphatic heterocycles. The van der Waals surface area contributed by atoms with Crippen molar-refractivity contribution in [1.29, 1.82) is 0 Å². The normalized spacial score (nSPS) is 16.9. The molecule has 0 radical (unpaired) electrons. The Morgan fingerprint density at radius 2 is 2.11 bits per heavy atom. The van der Waals surface area contributed by atoms with Crippen molar-refractivity contribution < 1.29 is 14.1 Å². The second-order valence-electron chi connectivity index (χ2n) is 7.18. The summed E-state index contributed by atoms with van der Waals surface area (Å²) in [5.41, 5.74) is 5.52. The molecular formula is C20H24N4O3. The molecule has 7 nitrogen and oxygen atoms in total. The molecule has 2 N–H and O–H groups in total. The molecule has 1 fully saturated rings. The van der Waals surface area contributed by atoms with Gasteiger partial charge in [0.25, 0.3) is 5.89 Å². The van der Waals surface area contributed by atoms with Crippen molar-refractivity contribution in [3.63, 3.8) is 0 Å². The number of carbonyl (C=O) groups is 1. The van der Waals surface area contributed by atoms with E-state index in [-0.39, 0.29) is 18.6 Å². The van der Waals surface area contributed by atoms with Crippen LogP contribution in [0.25, 0.3) is 10.9 Å². The molecule has 3 heterocycles. The molecule has 0 unspecified atom stereocenters. The molecule has 7 heteroatoms. The van der Waals surface area contributed by atoms with E-state index in [2.05, 4.69) is 46.4 Å². The van der Waals surface area contributed by atoms with Crippen molar-refractivity contribution in [2.24, 2.45) is 0 Å². The van der Waals surface area contributed by atoms with E-state index in [1.807, 2.05) is 6.92 Å². The SMILES string of the molecule is Cc1[nH]c2c(C)ccc(C)c2c1CC(=O)NCc1noc([C@@H]2CCCO2)n1. The summed E-state index contributed by atoms with van der Waals surface area (Å²) in [5, 5.41) is 7.97. The summed E-state index contributed by atoms with van der Waals surface area (Å²) in [6, 6.07) is 4.19. The van der Waals surface area contributed by atoms with Gasteiger partial charge in [-0.25, -0.2) is 0 Å². The van der Waals surface area contributed by atoms with Crippen LogP contribution in [0.3, 0.4) is 0 Å². The number of hydrogen-bond donors (Lipinski definition) is 2. The molecular weight excluding hydrogens is 344 g/mol. The van der Waals surface area contributed by atoms with Crippen LogP contribution in [-0.4, -0.2) is 27.6 Å². The quantitative estimate of drug-likeness (QED) is 0.721. The van der Waals surface area contributed by atoms with Crippen molar-refractivity contribution in [2.45, 2.75) is 52.7 Å². The van der Waals surface area contributed by atoms with Gasteiger partial charge in [-0.1, -0.05) is 17.3 Å². The minimum Gasteiger partial charge on any atom is -0.368 e. The van der Waals surface area contributed by atoms with Crippen molar-refractivity contribution in [1.82, 2.24) is 20.4 Å². The molecule has 0 aliphatic carbocycles. The highest BCUT2D eigenvalue weighted by atomic mass is 16.5. The Hall–Kier alpha value is -2.67. The third-order valence-corrected chi connectivity index (χ3v) is 5.16. The van der Waals surface area contributed by atoms with E-state index in [1.54, 1.807) is 0 Å². The van der Waals surface area contributed by atoms with Gasteiger partial charge in [0, 0.05) is 23.2 Å². The third-order valence-electron chi connectivity index (χ3n) is 5.16. The summed E-state index contributed by atoms with van der Waals surface area (Å²) in [5.74, 6) is 0.898. The summed E-state index contributed by atoms with van der Waals surface area (Å²) in [4.78, 5) is 20.3. The van der Waals surface area contributed by atoms with Gasteiger partial charge in [0.05, 0.1) is 13.0 Å². The predicted octanol–water partition coefficient (Wildman–Crippen LogP) is 3.19. The molecule has 1 saturated heterocycles. The summed E-state index contributed by atoms with van der Waals surface area (Å²) in [6.45, 7) is 7.12. The number of aromatic amines is 1. The molecule has 3 aromatic rings. The van der Waals surface area contributed by atoms with Crippen LogP contribution in [0.5, 0.6) is 0 Å². The van der Waals surface area contributed by atoms with Crippen LogP contribution < -0.4 is 5.32 Å². The van der Waals surface area contributed by atoms with E-state index in [9.17, 15) is 4.79 Å². The van der Waals surface area contributed by atoms with E-state index in [4.69, 9.17) is 9.26 Å². The van der Waals surface area contributed by atoms with Crippen LogP contribution in [0.1, 0.15) is 53.0 Å². The number of ether oxygens (including phenoxy) is 1. The first-order valence-electron chi connectivity index (χ1n) is 9.31. The molecule has 0 bridgehead atoms. The van der Waals surface area contributed by atoms with Gasteiger partial charge >= 0.3 is 0 Å². The molecule has 1 aromatic carbocycles. The summed E-state index contributed by atoms with van der Waals surface area (Å²) in [7, 11) is 0. The number of amides is 1. The van der Waals surface area contributed by atoms with Crippen LogP contribution in [0.2, 0.25) is 0 Å². The largest absolute Gasteiger partial charge is 0.368 e. The minimum absolute atomic E-state index is 0.0663. The molecule has 1 amide bonds. The molecule has 2 aromatic heterocycles. The Labute approximate surface area is 157 Å². The summed E-state index contributed by atoms with van der Waals surface area (Å²) >= 11 is 0. The Balaban J connectivity index is 1.43. The number of rotatable bonds is 5. The fourth-order valence-electron chi connectivity index (χ4n) is 3.68. The lowest BCUT2D eigenvalue weighted by Crippen LogP contribution is -2.25. The lowest BCUT2D eigenvalue weighted by molar-refractivity contribution is -0.120. The van der Waals surface area contributed by atoms with Crippen LogP contribution in [0, 0.1) is 20.8 Å². The van der Waals surface area contributed by atoms with Crippen LogP contribution in [-0.2, 0) is 22.5 Å². The van der Waals surface area contributed by atoms with E-state index in [1.165, 1.54) is 11.1 Å². The van der Waals surface area contributed by atoms with Gasteiger partial charge in [-0.15, -0.1) is 0 Å². The Morgan fingerprint density at radius 3 is 2.89 bits per heavy atom. The number of benzene rings is 1. The summed E-state index contributed by atoms with van der Waals surface area (Å²) < 4.78 is 10.8. The van der Waals surface area contributed by atoms with Gasteiger partial charge in [-0.2, -0.15) is 4.98 Å². The highest BCUT2D eigenvalue weighted by Crippen LogP contribution is 2.29. The molecule has 27 heavy (non-hydrogen) atoms. The van der Waals surface area contributed by atoms with Crippen LogP contribution in [0.15, 0.2) is 16.7 Å². The first-order chi connectivity index (χ1) is 13.0. The highest BCUT2D eigenvalue weighted by Gasteiger charge is 2.24. The number of H-pyrrole nitrogens is 1. The third kappa shape index (κ3) is 3.47. The maximum atomic E-state index is 12.5. The second kappa shape index (κ2) is 7.15. The van der Waals surface area contributed by atoms with Gasteiger partial charge in [0.1, 0.15) is 6.10 Å². The number of nitrogens with zero attached hydrogens (tertiary/aromatic N) is 2. The van der Waals surface area contributed by atoms with E-state index in [0.717, 1.165) is 41.6 Å². The number of hydrogen-bond acceptors (Lipinski definition) is 5. The van der Waals surface area contributed by atoms with Crippen molar-refractivity contribution in [3.05, 3.63) is 46.2 Å². The van der Waals surface area contributed by atoms with Gasteiger partial charge in [-0.3, -0.25) is 4.79 Å². The average Bonchev–Trinajstić information content (AvgIpc) is 3.37. The number of fused-ring (bicyclic) bond motifs is 1. The fraction of sp³-hybridized carbons (Fsp3) is 0.450.